The third-order valence-corrected chi connectivity index (χ3v) is 9.26. The molecule has 38 heavy (non-hydrogen) atoms. The Morgan fingerprint density at radius 2 is 1.82 bits per heavy atom. The SMILES string of the molecule is COc1ccc(/C=N/N(C(=O)c2ccc(S(=O)(=O)N3CCOCC3)cc2)c2nc3ccc(Br)cc3s2)cc1. The van der Waals surface area contributed by atoms with E-state index in [1.165, 1.54) is 44.9 Å². The smallest absolute Gasteiger partial charge is 0.280 e. The van der Waals surface area contributed by atoms with Crippen molar-refractivity contribution < 1.29 is 22.7 Å². The van der Waals surface area contributed by atoms with Crippen molar-refractivity contribution in [2.75, 3.05) is 38.4 Å². The third kappa shape index (κ3) is 5.64. The summed E-state index contributed by atoms with van der Waals surface area (Å²) in [5.41, 5.74) is 1.77. The van der Waals surface area contributed by atoms with Gasteiger partial charge in [-0.05, 0) is 72.3 Å². The zero-order valence-corrected chi connectivity index (χ0v) is 23.5. The number of carbonyl (C=O) groups is 1. The van der Waals surface area contributed by atoms with Crippen LogP contribution in [0.1, 0.15) is 15.9 Å². The normalized spacial score (nSPS) is 14.7. The lowest BCUT2D eigenvalue weighted by Gasteiger charge is -2.26. The van der Waals surface area contributed by atoms with Crippen molar-refractivity contribution >= 4 is 64.8 Å². The summed E-state index contributed by atoms with van der Waals surface area (Å²) in [4.78, 5) is 18.4. The van der Waals surface area contributed by atoms with E-state index in [-0.39, 0.29) is 10.5 Å². The Labute approximate surface area is 232 Å². The van der Waals surface area contributed by atoms with Gasteiger partial charge < -0.3 is 9.47 Å². The van der Waals surface area contributed by atoms with Crippen molar-refractivity contribution in [2.45, 2.75) is 4.90 Å². The molecule has 1 aromatic heterocycles. The second-order valence-corrected chi connectivity index (χ2v) is 12.1. The summed E-state index contributed by atoms with van der Waals surface area (Å²) >= 11 is 4.79. The van der Waals surface area contributed by atoms with Gasteiger partial charge in [-0.2, -0.15) is 14.4 Å². The fourth-order valence-corrected chi connectivity index (χ4v) is 6.69. The van der Waals surface area contributed by atoms with E-state index in [1.54, 1.807) is 25.5 Å². The standard InChI is InChI=1S/C26H23BrN4O5S2/c1-35-21-7-2-18(3-8-21)17-28-31(26-29-23-11-6-20(27)16-24(23)37-26)25(32)19-4-9-22(10-5-19)38(33,34)30-12-14-36-15-13-30/h2-11,16-17H,12-15H2,1H3/b28-17+. The van der Waals surface area contributed by atoms with Crippen LogP contribution in [0.4, 0.5) is 5.13 Å². The van der Waals surface area contributed by atoms with Crippen LogP contribution in [-0.4, -0.2) is 63.2 Å². The number of aromatic nitrogens is 1. The first kappa shape index (κ1) is 26.4. The number of anilines is 1. The van der Waals surface area contributed by atoms with Crippen LogP contribution in [0.3, 0.4) is 0 Å². The molecule has 4 aromatic rings. The van der Waals surface area contributed by atoms with Crippen LogP contribution in [0.25, 0.3) is 10.2 Å². The fraction of sp³-hybridized carbons (Fsp3) is 0.192. The van der Waals surface area contributed by atoms with Crippen LogP contribution in [0.2, 0.25) is 0 Å². The molecule has 9 nitrogen and oxygen atoms in total. The van der Waals surface area contributed by atoms with Gasteiger partial charge in [0.1, 0.15) is 5.75 Å². The minimum Gasteiger partial charge on any atom is -0.497 e. The zero-order chi connectivity index (χ0) is 26.7. The molecule has 1 aliphatic heterocycles. The van der Waals surface area contributed by atoms with Crippen molar-refractivity contribution in [3.8, 4) is 5.75 Å². The molecule has 1 saturated heterocycles. The summed E-state index contributed by atoms with van der Waals surface area (Å²) in [6, 6.07) is 18.8. The average Bonchev–Trinajstić information content (AvgIpc) is 3.36. The maximum absolute atomic E-state index is 13.6. The Morgan fingerprint density at radius 3 is 2.50 bits per heavy atom. The van der Waals surface area contributed by atoms with Gasteiger partial charge in [-0.15, -0.1) is 0 Å². The van der Waals surface area contributed by atoms with E-state index < -0.39 is 15.9 Å². The first-order valence-electron chi connectivity index (χ1n) is 11.6. The zero-order valence-electron chi connectivity index (χ0n) is 20.3. The van der Waals surface area contributed by atoms with Gasteiger partial charge in [-0.1, -0.05) is 27.3 Å². The topological polar surface area (TPSA) is 101 Å². The number of thiazole rings is 1. The number of methoxy groups -OCH3 is 1. The van der Waals surface area contributed by atoms with E-state index in [1.807, 2.05) is 30.3 Å². The Balaban J connectivity index is 1.47. The molecule has 2 heterocycles. The number of amides is 1. The maximum atomic E-state index is 13.6. The molecule has 0 N–H and O–H groups in total. The predicted molar refractivity (Wildman–Crippen MR) is 151 cm³/mol. The highest BCUT2D eigenvalue weighted by molar-refractivity contribution is 9.10. The highest BCUT2D eigenvalue weighted by atomic mass is 79.9. The molecule has 0 saturated carbocycles. The number of morpholine rings is 1. The highest BCUT2D eigenvalue weighted by Gasteiger charge is 2.27. The Hall–Kier alpha value is -3.16. The van der Waals surface area contributed by atoms with Crippen LogP contribution < -0.4 is 9.75 Å². The van der Waals surface area contributed by atoms with Crippen LogP contribution >= 0.6 is 27.3 Å². The average molecular weight is 616 g/mol. The van der Waals surface area contributed by atoms with Gasteiger partial charge in [-0.25, -0.2) is 13.4 Å². The van der Waals surface area contributed by atoms with Crippen LogP contribution in [0, 0.1) is 0 Å². The number of hydrogen-bond donors (Lipinski definition) is 0. The van der Waals surface area contributed by atoms with E-state index >= 15 is 0 Å². The van der Waals surface area contributed by atoms with Crippen molar-refractivity contribution in [1.82, 2.24) is 9.29 Å². The van der Waals surface area contributed by atoms with Crippen molar-refractivity contribution in [3.05, 3.63) is 82.3 Å². The number of hydrazone groups is 1. The summed E-state index contributed by atoms with van der Waals surface area (Å²) in [6.07, 6.45) is 1.57. The molecule has 196 valence electrons. The lowest BCUT2D eigenvalue weighted by atomic mass is 10.2. The number of hydrogen-bond acceptors (Lipinski definition) is 8. The monoisotopic (exact) mass is 614 g/mol. The van der Waals surface area contributed by atoms with Crippen molar-refractivity contribution in [2.24, 2.45) is 5.10 Å². The van der Waals surface area contributed by atoms with E-state index in [9.17, 15) is 13.2 Å². The number of fused-ring (bicyclic) bond motifs is 1. The quantitative estimate of drug-likeness (QED) is 0.219. The van der Waals surface area contributed by atoms with Gasteiger partial charge in [0.05, 0.1) is 41.7 Å². The number of sulfonamides is 1. The van der Waals surface area contributed by atoms with E-state index in [2.05, 4.69) is 26.0 Å². The Bertz CT molecular complexity index is 1580. The number of rotatable bonds is 7. The second-order valence-electron chi connectivity index (χ2n) is 8.28. The summed E-state index contributed by atoms with van der Waals surface area (Å²) in [5, 5.41) is 6.09. The molecule has 0 atom stereocenters. The first-order valence-corrected chi connectivity index (χ1v) is 14.7. The number of ether oxygens (including phenoxy) is 2. The lowest BCUT2D eigenvalue weighted by molar-refractivity contribution is 0.0730. The van der Waals surface area contributed by atoms with Gasteiger partial charge >= 0.3 is 0 Å². The van der Waals surface area contributed by atoms with E-state index in [0.717, 1.165) is 20.3 Å². The predicted octanol–water partition coefficient (Wildman–Crippen LogP) is 4.77. The molecule has 3 aromatic carbocycles. The molecule has 0 unspecified atom stereocenters. The summed E-state index contributed by atoms with van der Waals surface area (Å²) in [6.45, 7) is 1.31. The largest absolute Gasteiger partial charge is 0.497 e. The molecule has 0 spiro atoms. The van der Waals surface area contributed by atoms with Crippen molar-refractivity contribution in [3.63, 3.8) is 0 Å². The van der Waals surface area contributed by atoms with Gasteiger partial charge in [0.2, 0.25) is 15.2 Å². The molecule has 5 rings (SSSR count). The minimum absolute atomic E-state index is 0.120. The Morgan fingerprint density at radius 1 is 1.11 bits per heavy atom. The molecular formula is C26H23BrN4O5S2. The van der Waals surface area contributed by atoms with Gasteiger partial charge in [0.25, 0.3) is 5.91 Å². The number of nitrogens with zero attached hydrogens (tertiary/aromatic N) is 4. The van der Waals surface area contributed by atoms with Crippen LogP contribution in [-0.2, 0) is 14.8 Å². The molecule has 12 heteroatoms. The molecule has 1 amide bonds. The third-order valence-electron chi connectivity index (χ3n) is 5.86. The molecular weight excluding hydrogens is 592 g/mol. The van der Waals surface area contributed by atoms with Crippen LogP contribution in [0.5, 0.6) is 5.75 Å². The van der Waals surface area contributed by atoms with Gasteiger partial charge in [0.15, 0.2) is 0 Å². The Kier molecular flexibility index (Phi) is 7.86. The number of benzene rings is 3. The highest BCUT2D eigenvalue weighted by Crippen LogP contribution is 2.32. The molecule has 1 fully saturated rings. The summed E-state index contributed by atoms with van der Waals surface area (Å²) in [5.74, 6) is 0.266. The van der Waals surface area contributed by atoms with E-state index in [0.29, 0.717) is 37.2 Å². The molecule has 1 aliphatic rings. The molecule has 0 bridgehead atoms. The van der Waals surface area contributed by atoms with Gasteiger partial charge in [0, 0.05) is 23.1 Å². The molecule has 0 aliphatic carbocycles. The number of halogens is 1. The van der Waals surface area contributed by atoms with E-state index in [4.69, 9.17) is 9.47 Å². The lowest BCUT2D eigenvalue weighted by Crippen LogP contribution is -2.40. The van der Waals surface area contributed by atoms with Crippen molar-refractivity contribution in [1.29, 1.82) is 0 Å². The molecule has 0 radical (unpaired) electrons. The maximum Gasteiger partial charge on any atom is 0.280 e. The van der Waals surface area contributed by atoms with Gasteiger partial charge in [-0.3, -0.25) is 4.79 Å². The minimum atomic E-state index is -3.68. The summed E-state index contributed by atoms with van der Waals surface area (Å²) in [7, 11) is -2.09. The fourth-order valence-electron chi connectivity index (χ4n) is 3.81. The summed E-state index contributed by atoms with van der Waals surface area (Å²) < 4.78 is 39.6. The second kappa shape index (κ2) is 11.3. The first-order chi connectivity index (χ1) is 18.3. The number of carbonyl (C=O) groups excluding carboxylic acids is 1. The van der Waals surface area contributed by atoms with Crippen LogP contribution in [0.15, 0.2) is 81.2 Å².